The van der Waals surface area contributed by atoms with E-state index >= 15 is 0 Å². The Morgan fingerprint density at radius 2 is 2.05 bits per heavy atom. The molecule has 1 aromatic rings. The van der Waals surface area contributed by atoms with E-state index in [1.165, 1.54) is 19.3 Å². The zero-order chi connectivity index (χ0) is 15.2. The van der Waals surface area contributed by atoms with Gasteiger partial charge in [-0.05, 0) is 56.3 Å². The van der Waals surface area contributed by atoms with E-state index in [1.54, 1.807) is 6.07 Å². The molecule has 1 saturated heterocycles. The summed E-state index contributed by atoms with van der Waals surface area (Å²) < 4.78 is 0. The molecular formula is C18H26ClNO. The van der Waals surface area contributed by atoms with E-state index in [0.29, 0.717) is 17.0 Å². The molecule has 21 heavy (non-hydrogen) atoms. The molecule has 1 fully saturated rings. The average Bonchev–Trinajstić information content (AvgIpc) is 2.71. The zero-order valence-electron chi connectivity index (χ0n) is 13.1. The first-order chi connectivity index (χ1) is 10.1. The van der Waals surface area contributed by atoms with Crippen molar-refractivity contribution in [2.24, 2.45) is 11.8 Å². The Labute approximate surface area is 133 Å². The highest BCUT2D eigenvalue weighted by Gasteiger charge is 2.20. The molecule has 1 aliphatic rings. The minimum atomic E-state index is 0.158. The van der Waals surface area contributed by atoms with Gasteiger partial charge in [-0.25, -0.2) is 0 Å². The summed E-state index contributed by atoms with van der Waals surface area (Å²) in [6.07, 6.45) is 4.41. The fourth-order valence-electron chi connectivity index (χ4n) is 3.15. The average molecular weight is 308 g/mol. The van der Waals surface area contributed by atoms with Gasteiger partial charge in [0.1, 0.15) is 0 Å². The van der Waals surface area contributed by atoms with Crippen LogP contribution in [0.2, 0.25) is 5.02 Å². The lowest BCUT2D eigenvalue weighted by atomic mass is 9.89. The Morgan fingerprint density at radius 1 is 1.29 bits per heavy atom. The van der Waals surface area contributed by atoms with Crippen molar-refractivity contribution in [2.75, 3.05) is 19.6 Å². The second-order valence-electron chi connectivity index (χ2n) is 6.43. The molecule has 2 rings (SSSR count). The molecule has 0 spiro atoms. The van der Waals surface area contributed by atoms with Gasteiger partial charge in [0.05, 0.1) is 5.02 Å². The molecule has 0 aliphatic carbocycles. The third-order valence-electron chi connectivity index (χ3n) is 4.64. The van der Waals surface area contributed by atoms with Gasteiger partial charge in [0.25, 0.3) is 0 Å². The Hall–Kier alpha value is -0.860. The number of Topliss-reactive ketones (excluding diaryl/α,β-unsaturated/α-hetero) is 1. The van der Waals surface area contributed by atoms with Crippen LogP contribution in [0.15, 0.2) is 24.3 Å². The topological polar surface area (TPSA) is 20.3 Å². The highest BCUT2D eigenvalue weighted by molar-refractivity contribution is 6.33. The van der Waals surface area contributed by atoms with Crippen LogP contribution in [-0.4, -0.2) is 30.3 Å². The lowest BCUT2D eigenvalue weighted by molar-refractivity contribution is 0.0964. The van der Waals surface area contributed by atoms with Crippen molar-refractivity contribution in [1.82, 2.24) is 4.90 Å². The summed E-state index contributed by atoms with van der Waals surface area (Å²) in [5.74, 6) is 1.77. The summed E-state index contributed by atoms with van der Waals surface area (Å²) in [6.45, 7) is 7.75. The Morgan fingerprint density at radius 3 is 2.76 bits per heavy atom. The first-order valence-corrected chi connectivity index (χ1v) is 8.46. The molecule has 1 unspecified atom stereocenters. The second kappa shape index (κ2) is 7.95. The molecule has 1 atom stereocenters. The molecule has 1 heterocycles. The van der Waals surface area contributed by atoms with Crippen molar-refractivity contribution >= 4 is 17.4 Å². The number of benzene rings is 1. The molecule has 0 amide bonds. The number of carbonyl (C=O) groups is 1. The maximum atomic E-state index is 12.3. The largest absolute Gasteiger partial charge is 0.303 e. The zero-order valence-corrected chi connectivity index (χ0v) is 13.9. The number of carbonyl (C=O) groups excluding carboxylic acids is 1. The van der Waals surface area contributed by atoms with E-state index in [9.17, 15) is 4.79 Å². The molecule has 3 heteroatoms. The first-order valence-electron chi connectivity index (χ1n) is 8.08. The fourth-order valence-corrected chi connectivity index (χ4v) is 3.39. The Kier molecular flexibility index (Phi) is 6.25. The predicted octanol–water partition coefficient (Wildman–Crippen LogP) is 4.67. The van der Waals surface area contributed by atoms with Crippen molar-refractivity contribution in [3.05, 3.63) is 34.9 Å². The molecule has 0 N–H and O–H groups in total. The number of rotatable bonds is 5. The molecule has 0 saturated carbocycles. The summed E-state index contributed by atoms with van der Waals surface area (Å²) in [7, 11) is 0. The van der Waals surface area contributed by atoms with Gasteiger partial charge in [0.2, 0.25) is 0 Å². The van der Waals surface area contributed by atoms with Crippen LogP contribution in [0.25, 0.3) is 0 Å². The molecule has 116 valence electrons. The minimum absolute atomic E-state index is 0.158. The van der Waals surface area contributed by atoms with E-state index in [0.717, 1.165) is 31.5 Å². The van der Waals surface area contributed by atoms with Crippen LogP contribution in [-0.2, 0) is 0 Å². The molecule has 2 nitrogen and oxygen atoms in total. The van der Waals surface area contributed by atoms with Gasteiger partial charge < -0.3 is 4.90 Å². The third-order valence-corrected chi connectivity index (χ3v) is 4.97. The van der Waals surface area contributed by atoms with Gasteiger partial charge in [0.15, 0.2) is 5.78 Å². The second-order valence-corrected chi connectivity index (χ2v) is 6.84. The predicted molar refractivity (Wildman–Crippen MR) is 89.0 cm³/mol. The van der Waals surface area contributed by atoms with Crippen LogP contribution in [0.3, 0.4) is 0 Å². The standard InChI is InChI=1S/C18H26ClNO/c1-14(2)15-6-5-11-20(12-9-15)13-10-18(21)16-7-3-4-8-17(16)19/h3-4,7-8,14-15H,5-6,9-13H2,1-2H3. The summed E-state index contributed by atoms with van der Waals surface area (Å²) in [6, 6.07) is 7.34. The van der Waals surface area contributed by atoms with Gasteiger partial charge >= 0.3 is 0 Å². The number of ketones is 1. The number of halogens is 1. The Balaban J connectivity index is 1.83. The molecule has 0 aromatic heterocycles. The summed E-state index contributed by atoms with van der Waals surface area (Å²) in [5, 5.41) is 0.568. The van der Waals surface area contributed by atoms with Gasteiger partial charge in [-0.3, -0.25) is 4.79 Å². The van der Waals surface area contributed by atoms with Crippen molar-refractivity contribution in [2.45, 2.75) is 39.5 Å². The molecule has 1 aromatic carbocycles. The first kappa shape index (κ1) is 16.5. The van der Waals surface area contributed by atoms with Gasteiger partial charge in [-0.15, -0.1) is 0 Å². The van der Waals surface area contributed by atoms with Crippen LogP contribution >= 0.6 is 11.6 Å². The molecule has 1 aliphatic heterocycles. The highest BCUT2D eigenvalue weighted by Crippen LogP contribution is 2.25. The van der Waals surface area contributed by atoms with Crippen LogP contribution in [0.4, 0.5) is 0 Å². The SMILES string of the molecule is CC(C)C1CCCN(CCC(=O)c2ccccc2Cl)CC1. The maximum Gasteiger partial charge on any atom is 0.165 e. The van der Waals surface area contributed by atoms with E-state index < -0.39 is 0 Å². The van der Waals surface area contributed by atoms with E-state index in [1.807, 2.05) is 18.2 Å². The van der Waals surface area contributed by atoms with Gasteiger partial charge in [0, 0.05) is 18.5 Å². The van der Waals surface area contributed by atoms with Crippen LogP contribution in [0.5, 0.6) is 0 Å². The number of hydrogen-bond acceptors (Lipinski definition) is 2. The van der Waals surface area contributed by atoms with Crippen LogP contribution < -0.4 is 0 Å². The van der Waals surface area contributed by atoms with Crippen LogP contribution in [0.1, 0.15) is 49.9 Å². The van der Waals surface area contributed by atoms with Crippen LogP contribution in [0, 0.1) is 11.8 Å². The number of hydrogen-bond donors (Lipinski definition) is 0. The smallest absolute Gasteiger partial charge is 0.165 e. The van der Waals surface area contributed by atoms with Crippen molar-refractivity contribution in [1.29, 1.82) is 0 Å². The molecular weight excluding hydrogens is 282 g/mol. The Bertz CT molecular complexity index is 472. The van der Waals surface area contributed by atoms with Gasteiger partial charge in [-0.1, -0.05) is 37.6 Å². The quantitative estimate of drug-likeness (QED) is 0.737. The van der Waals surface area contributed by atoms with E-state index in [4.69, 9.17) is 11.6 Å². The fraction of sp³-hybridized carbons (Fsp3) is 0.611. The van der Waals surface area contributed by atoms with Crippen molar-refractivity contribution < 1.29 is 4.79 Å². The summed E-state index contributed by atoms with van der Waals surface area (Å²) in [5.41, 5.74) is 0.661. The number of nitrogens with zero attached hydrogens (tertiary/aromatic N) is 1. The van der Waals surface area contributed by atoms with Crippen molar-refractivity contribution in [3.8, 4) is 0 Å². The minimum Gasteiger partial charge on any atom is -0.303 e. The highest BCUT2D eigenvalue weighted by atomic mass is 35.5. The lowest BCUT2D eigenvalue weighted by Gasteiger charge is -2.21. The van der Waals surface area contributed by atoms with E-state index in [2.05, 4.69) is 18.7 Å². The lowest BCUT2D eigenvalue weighted by Crippen LogP contribution is -2.27. The monoisotopic (exact) mass is 307 g/mol. The number of likely N-dealkylation sites (tertiary alicyclic amines) is 1. The maximum absolute atomic E-state index is 12.3. The third kappa shape index (κ3) is 4.82. The summed E-state index contributed by atoms with van der Waals surface area (Å²) >= 11 is 6.09. The molecule has 0 bridgehead atoms. The summed E-state index contributed by atoms with van der Waals surface area (Å²) in [4.78, 5) is 14.7. The molecule has 0 radical (unpaired) electrons. The normalized spacial score (nSPS) is 20.5. The van der Waals surface area contributed by atoms with E-state index in [-0.39, 0.29) is 5.78 Å². The van der Waals surface area contributed by atoms with Gasteiger partial charge in [-0.2, -0.15) is 0 Å². The van der Waals surface area contributed by atoms with Crippen molar-refractivity contribution in [3.63, 3.8) is 0 Å².